The molecule has 0 aliphatic carbocycles. The molecule has 20 nitrogen and oxygen atoms in total. The predicted octanol–water partition coefficient (Wildman–Crippen LogP) is 0.511. The van der Waals surface area contributed by atoms with Gasteiger partial charge in [-0.25, -0.2) is 33.5 Å². The number of nitrogens with one attached hydrogen (secondary N) is 1. The maximum Gasteiger partial charge on any atom is 0.386 e. The van der Waals surface area contributed by atoms with Crippen molar-refractivity contribution in [2.45, 2.75) is 49.1 Å². The van der Waals surface area contributed by atoms with Crippen molar-refractivity contribution in [3.8, 4) is 0 Å². The van der Waals surface area contributed by atoms with E-state index in [1.165, 1.54) is 17.2 Å². The Balaban J connectivity index is 1.17. The number of hydrogen-bond donors (Lipinski definition) is 6. The maximum absolute atomic E-state index is 16.0. The highest BCUT2D eigenvalue weighted by Crippen LogP contribution is 2.60. The molecule has 7 rings (SSSR count). The van der Waals surface area contributed by atoms with E-state index in [0.29, 0.717) is 0 Å². The molecule has 0 saturated carbocycles. The van der Waals surface area contributed by atoms with Gasteiger partial charge in [-0.2, -0.15) is 4.98 Å². The third-order valence-electron chi connectivity index (χ3n) is 7.28. The highest BCUT2D eigenvalue weighted by atomic mass is 32.7. The number of ether oxygens (including phenoxy) is 2. The van der Waals surface area contributed by atoms with Crippen molar-refractivity contribution >= 4 is 72.2 Å². The lowest BCUT2D eigenvalue weighted by Gasteiger charge is -2.28. The first kappa shape index (κ1) is 30.9. The van der Waals surface area contributed by atoms with Crippen LogP contribution < -0.4 is 17.0 Å². The van der Waals surface area contributed by atoms with E-state index in [1.807, 2.05) is 0 Å². The van der Waals surface area contributed by atoms with E-state index in [9.17, 15) is 19.0 Å². The molecule has 4 aromatic rings. The van der Waals surface area contributed by atoms with E-state index in [0.717, 1.165) is 10.9 Å². The number of aliphatic hydroxyl groups excluding tert-OH is 1. The Morgan fingerprint density at radius 1 is 0.911 bits per heavy atom. The van der Waals surface area contributed by atoms with Crippen LogP contribution >= 0.6 is 38.1 Å². The van der Waals surface area contributed by atoms with Crippen molar-refractivity contribution in [2.24, 2.45) is 0 Å². The van der Waals surface area contributed by atoms with E-state index < -0.39 is 81.5 Å². The Morgan fingerprint density at radius 3 is 2.22 bits per heavy atom. The number of anilines is 2. The van der Waals surface area contributed by atoms with Gasteiger partial charge in [0.15, 0.2) is 41.3 Å². The number of alkyl halides is 1. The largest absolute Gasteiger partial charge is 0.386 e. The van der Waals surface area contributed by atoms with Gasteiger partial charge in [0, 0.05) is 0 Å². The third kappa shape index (κ3) is 5.54. The number of H-pyrrole nitrogens is 1. The standard InChI is InChI=1S/C20H23FN10O10P2S2/c21-8-12-6(38-18(8)31-5-27-10-16(31)28-20(23)29-17(10)33)1-36-43(35,45)41-13-7(2-37-42(34,44)40-12)39-19(11(13)32)30-4-26-9-14(22)24-3-25-15(9)30/h3-8,11-13,18-19,32H,1-2H2,(H,34,44)(H,35,45)(H2,22,24,25)(H3,23,28,29,33)/t6-,7-,8-,11-,12-,13-,18-,19-,42?,43-/m1/s1. The smallest absolute Gasteiger partial charge is 0.386 e. The maximum atomic E-state index is 16.0. The molecule has 0 radical (unpaired) electrons. The first-order valence-electron chi connectivity index (χ1n) is 12.9. The Bertz CT molecular complexity index is 1950. The Labute approximate surface area is 260 Å². The van der Waals surface area contributed by atoms with Crippen molar-refractivity contribution in [1.29, 1.82) is 0 Å². The second-order valence-electron chi connectivity index (χ2n) is 10.1. The first-order valence-corrected chi connectivity index (χ1v) is 18.3. The number of imidazole rings is 2. The Hall–Kier alpha value is -2.69. The number of hydrogen-bond acceptors (Lipinski definition) is 17. The van der Waals surface area contributed by atoms with Crippen LogP contribution in [-0.4, -0.2) is 94.0 Å². The monoisotopic (exact) mass is 708 g/mol. The van der Waals surface area contributed by atoms with Crippen LogP contribution in [0.4, 0.5) is 16.2 Å². The molecule has 0 bridgehead atoms. The van der Waals surface area contributed by atoms with Crippen molar-refractivity contribution < 1.29 is 46.2 Å². The van der Waals surface area contributed by atoms with Crippen LogP contribution in [0.5, 0.6) is 0 Å². The van der Waals surface area contributed by atoms with Gasteiger partial charge >= 0.3 is 13.6 Å². The fourth-order valence-corrected chi connectivity index (χ4v) is 8.25. The minimum absolute atomic E-state index is 0.0789. The molecule has 10 atom stereocenters. The van der Waals surface area contributed by atoms with Gasteiger partial charge in [0.05, 0.1) is 25.9 Å². The number of aromatic nitrogens is 8. The second-order valence-corrected chi connectivity index (χ2v) is 15.8. The number of nitrogens with two attached hydrogens (primary N) is 2. The van der Waals surface area contributed by atoms with E-state index >= 15 is 4.39 Å². The van der Waals surface area contributed by atoms with Crippen LogP contribution in [0, 0.1) is 0 Å². The molecule has 0 amide bonds. The molecule has 3 fully saturated rings. The van der Waals surface area contributed by atoms with E-state index in [1.54, 1.807) is 0 Å². The van der Waals surface area contributed by atoms with Gasteiger partial charge in [0.1, 0.15) is 42.4 Å². The zero-order chi connectivity index (χ0) is 31.8. The van der Waals surface area contributed by atoms with Crippen LogP contribution in [0.1, 0.15) is 12.5 Å². The molecule has 3 saturated heterocycles. The van der Waals surface area contributed by atoms with Crippen molar-refractivity contribution in [3.63, 3.8) is 0 Å². The molecular formula is C20H23FN10O10P2S2. The minimum Gasteiger partial charge on any atom is -0.386 e. The molecule has 25 heteroatoms. The van der Waals surface area contributed by atoms with E-state index in [2.05, 4.69) is 54.4 Å². The normalized spacial score (nSPS) is 37.7. The zero-order valence-electron chi connectivity index (χ0n) is 22.3. The lowest BCUT2D eigenvalue weighted by atomic mass is 10.1. The molecule has 7 heterocycles. The molecular weight excluding hydrogens is 685 g/mol. The van der Waals surface area contributed by atoms with Crippen molar-refractivity contribution in [2.75, 3.05) is 24.7 Å². The topological polar surface area (TPSA) is 269 Å². The number of nitrogen functional groups attached to an aromatic ring is 2. The highest BCUT2D eigenvalue weighted by Gasteiger charge is 2.54. The van der Waals surface area contributed by atoms with Crippen LogP contribution in [0.15, 0.2) is 23.8 Å². The third-order valence-corrected chi connectivity index (χ3v) is 10.5. The fraction of sp³-hybridized carbons (Fsp3) is 0.500. The molecule has 0 spiro atoms. The van der Waals surface area contributed by atoms with Crippen LogP contribution in [0.2, 0.25) is 0 Å². The summed E-state index contributed by atoms with van der Waals surface area (Å²) < 4.78 is 78.9. The van der Waals surface area contributed by atoms with E-state index in [4.69, 9.17) is 39.0 Å². The summed E-state index contributed by atoms with van der Waals surface area (Å²) in [6.45, 7) is -10.0. The zero-order valence-corrected chi connectivity index (χ0v) is 25.9. The minimum atomic E-state index is -4.40. The molecule has 3 aliphatic heterocycles. The van der Waals surface area contributed by atoms with E-state index in [-0.39, 0.29) is 34.1 Å². The number of halogens is 1. The SMILES string of the molecule is Nc1nc2c(ncn2[C@@H]2O[C@@H]3CO[P@@](=O)(S)O[C@H]4[C@@H](O)[C@H](n5cnc6c(N)ncnc65)O[C@@H]4COP(=O)(S)O[C@H]3[C@H]2F)c(=O)[nH]1. The number of rotatable bonds is 2. The molecule has 45 heavy (non-hydrogen) atoms. The average molecular weight is 709 g/mol. The van der Waals surface area contributed by atoms with Gasteiger partial charge < -0.3 is 26.0 Å². The quantitative estimate of drug-likeness (QED) is 0.122. The molecule has 0 aromatic carbocycles. The predicted molar refractivity (Wildman–Crippen MR) is 156 cm³/mol. The summed E-state index contributed by atoms with van der Waals surface area (Å²) in [5.74, 6) is -0.179. The van der Waals surface area contributed by atoms with Crippen molar-refractivity contribution in [3.05, 3.63) is 29.3 Å². The summed E-state index contributed by atoms with van der Waals surface area (Å²) in [6, 6.07) is 0. The lowest BCUT2D eigenvalue weighted by molar-refractivity contribution is -0.0555. The van der Waals surface area contributed by atoms with Crippen LogP contribution in [0.3, 0.4) is 0 Å². The lowest BCUT2D eigenvalue weighted by Crippen LogP contribution is -2.37. The first-order chi connectivity index (χ1) is 21.3. The number of thiol groups is 2. The summed E-state index contributed by atoms with van der Waals surface area (Å²) in [4.78, 5) is 34.6. The molecule has 6 N–H and O–H groups in total. The average Bonchev–Trinajstić information content (AvgIpc) is 3.72. The molecule has 242 valence electrons. The molecule has 4 aromatic heterocycles. The van der Waals surface area contributed by atoms with Crippen LogP contribution in [0.25, 0.3) is 22.3 Å². The fourth-order valence-electron chi connectivity index (χ4n) is 5.28. The molecule has 1 unspecified atom stereocenters. The van der Waals surface area contributed by atoms with Gasteiger partial charge in [0.25, 0.3) is 5.56 Å². The van der Waals surface area contributed by atoms with Crippen LogP contribution in [-0.2, 0) is 36.7 Å². The number of aliphatic hydroxyl groups is 1. The number of fused-ring (bicyclic) bond motifs is 4. The second kappa shape index (κ2) is 11.2. The summed E-state index contributed by atoms with van der Waals surface area (Å²) in [6.07, 6.45) is -8.62. The van der Waals surface area contributed by atoms with Gasteiger partial charge in [-0.3, -0.25) is 37.0 Å². The van der Waals surface area contributed by atoms with Crippen molar-refractivity contribution in [1.82, 2.24) is 39.0 Å². The van der Waals surface area contributed by atoms with Gasteiger partial charge in [0.2, 0.25) is 5.95 Å². The summed E-state index contributed by atoms with van der Waals surface area (Å²) in [5.41, 5.74) is 11.0. The van der Waals surface area contributed by atoms with Gasteiger partial charge in [-0.1, -0.05) is 24.5 Å². The van der Waals surface area contributed by atoms with Gasteiger partial charge in [-0.15, -0.1) is 0 Å². The Kier molecular flexibility index (Phi) is 7.72. The Morgan fingerprint density at radius 2 is 1.51 bits per heavy atom. The summed E-state index contributed by atoms with van der Waals surface area (Å²) in [5, 5.41) is 11.2. The summed E-state index contributed by atoms with van der Waals surface area (Å²) >= 11 is 8.03. The van der Waals surface area contributed by atoms with Gasteiger partial charge in [-0.05, 0) is 0 Å². The summed E-state index contributed by atoms with van der Waals surface area (Å²) in [7, 11) is 0. The number of aromatic amines is 1. The highest BCUT2D eigenvalue weighted by molar-refractivity contribution is 8.44. The molecule has 3 aliphatic rings. The number of nitrogens with zero attached hydrogens (tertiary/aromatic N) is 7.